The predicted octanol–water partition coefficient (Wildman–Crippen LogP) is 4.25. The third-order valence-corrected chi connectivity index (χ3v) is 4.61. The minimum absolute atomic E-state index is 0.411. The van der Waals surface area contributed by atoms with E-state index in [0.717, 1.165) is 0 Å². The van der Waals surface area contributed by atoms with Gasteiger partial charge in [0.1, 0.15) is 11.5 Å². The minimum Gasteiger partial charge on any atom is -0.415 e. The lowest BCUT2D eigenvalue weighted by atomic mass is 10.3. The lowest BCUT2D eigenvalue weighted by Gasteiger charge is -2.21. The Balaban J connectivity index is 2.27. The van der Waals surface area contributed by atoms with Crippen molar-refractivity contribution >= 4 is 7.60 Å². The van der Waals surface area contributed by atoms with Crippen molar-refractivity contribution in [1.29, 1.82) is 5.26 Å². The lowest BCUT2D eigenvalue weighted by molar-refractivity contribution is 0.381. The van der Waals surface area contributed by atoms with Crippen LogP contribution in [0.1, 0.15) is 6.92 Å². The van der Waals surface area contributed by atoms with Crippen molar-refractivity contribution in [2.75, 3.05) is 0 Å². The van der Waals surface area contributed by atoms with Crippen molar-refractivity contribution in [2.45, 2.75) is 12.6 Å². The van der Waals surface area contributed by atoms with Crippen LogP contribution in [-0.2, 0) is 4.57 Å². The smallest absolute Gasteiger partial charge is 0.415 e. The summed E-state index contributed by atoms with van der Waals surface area (Å²) in [5.41, 5.74) is -0.872. The van der Waals surface area contributed by atoms with Gasteiger partial charge in [-0.25, -0.2) is 4.57 Å². The molecule has 0 bridgehead atoms. The number of hydrogen-bond donors (Lipinski definition) is 0. The van der Waals surface area contributed by atoms with Gasteiger partial charge >= 0.3 is 7.60 Å². The van der Waals surface area contributed by atoms with Gasteiger partial charge in [-0.1, -0.05) is 36.4 Å². The lowest BCUT2D eigenvalue weighted by Crippen LogP contribution is -2.12. The molecule has 0 saturated heterocycles. The average molecular weight is 287 g/mol. The number of nitriles is 1. The number of nitrogens with zero attached hydrogens (tertiary/aromatic N) is 1. The Morgan fingerprint density at radius 1 is 0.950 bits per heavy atom. The fourth-order valence-electron chi connectivity index (χ4n) is 1.50. The first-order chi connectivity index (χ1) is 9.64. The molecule has 0 aromatic heterocycles. The zero-order valence-electron chi connectivity index (χ0n) is 11.0. The molecule has 0 aliphatic heterocycles. The van der Waals surface area contributed by atoms with Gasteiger partial charge in [-0.3, -0.25) is 0 Å². The van der Waals surface area contributed by atoms with Crippen molar-refractivity contribution in [3.05, 3.63) is 60.7 Å². The predicted molar refractivity (Wildman–Crippen MR) is 76.8 cm³/mol. The highest BCUT2D eigenvalue weighted by molar-refractivity contribution is 7.55. The molecule has 4 nitrogen and oxygen atoms in total. The molecular formula is C15H14NO3P. The summed E-state index contributed by atoms with van der Waals surface area (Å²) in [4.78, 5) is 0. The largest absolute Gasteiger partial charge is 0.447 e. The Morgan fingerprint density at radius 3 is 1.70 bits per heavy atom. The standard InChI is InChI=1S/C15H14NO3P/c1-13(12-16)20(17,18-14-8-4-2-5-9-14)19-15-10-6-3-7-11-15/h2-11,13H,1H3. The van der Waals surface area contributed by atoms with E-state index in [0.29, 0.717) is 11.5 Å². The van der Waals surface area contributed by atoms with Crippen LogP contribution in [0.15, 0.2) is 60.7 Å². The Labute approximate surface area is 118 Å². The summed E-state index contributed by atoms with van der Waals surface area (Å²) >= 11 is 0. The summed E-state index contributed by atoms with van der Waals surface area (Å²) in [7, 11) is -3.62. The van der Waals surface area contributed by atoms with Crippen molar-refractivity contribution in [3.63, 3.8) is 0 Å². The number of rotatable bonds is 5. The summed E-state index contributed by atoms with van der Waals surface area (Å²) in [5, 5.41) is 9.04. The molecule has 0 heterocycles. The fourth-order valence-corrected chi connectivity index (χ4v) is 2.83. The molecule has 1 unspecified atom stereocenters. The van der Waals surface area contributed by atoms with Gasteiger partial charge in [-0.15, -0.1) is 0 Å². The normalized spacial score (nSPS) is 12.2. The van der Waals surface area contributed by atoms with Crippen molar-refractivity contribution in [2.24, 2.45) is 0 Å². The fraction of sp³-hybridized carbons (Fsp3) is 0.133. The molecule has 0 radical (unpaired) electrons. The quantitative estimate of drug-likeness (QED) is 0.771. The second kappa shape index (κ2) is 6.27. The number of hydrogen-bond acceptors (Lipinski definition) is 4. The van der Waals surface area contributed by atoms with Crippen LogP contribution in [0.2, 0.25) is 0 Å². The van der Waals surface area contributed by atoms with Crippen LogP contribution >= 0.6 is 7.60 Å². The number of para-hydroxylation sites is 2. The Morgan fingerprint density at radius 2 is 1.35 bits per heavy atom. The molecule has 2 aromatic rings. The molecule has 20 heavy (non-hydrogen) atoms. The maximum atomic E-state index is 12.8. The second-order valence-corrected chi connectivity index (χ2v) is 6.37. The third-order valence-electron chi connectivity index (χ3n) is 2.61. The molecule has 2 rings (SSSR count). The molecule has 0 spiro atoms. The molecule has 0 amide bonds. The van der Waals surface area contributed by atoms with E-state index < -0.39 is 13.3 Å². The van der Waals surface area contributed by atoms with E-state index in [1.807, 2.05) is 18.2 Å². The van der Waals surface area contributed by atoms with E-state index >= 15 is 0 Å². The maximum absolute atomic E-state index is 12.8. The first kappa shape index (κ1) is 14.2. The average Bonchev–Trinajstić information content (AvgIpc) is 2.48. The minimum atomic E-state index is -3.62. The van der Waals surface area contributed by atoms with Crippen molar-refractivity contribution in [1.82, 2.24) is 0 Å². The summed E-state index contributed by atoms with van der Waals surface area (Å²) in [5.74, 6) is 0.822. The van der Waals surface area contributed by atoms with E-state index in [4.69, 9.17) is 14.3 Å². The number of benzene rings is 2. The molecule has 1 atom stereocenters. The van der Waals surface area contributed by atoms with Gasteiger partial charge in [0, 0.05) is 0 Å². The molecule has 0 N–H and O–H groups in total. The van der Waals surface area contributed by atoms with E-state index in [2.05, 4.69) is 0 Å². The maximum Gasteiger partial charge on any atom is 0.447 e. The van der Waals surface area contributed by atoms with Crippen LogP contribution in [0.3, 0.4) is 0 Å². The molecule has 0 saturated carbocycles. The summed E-state index contributed by atoms with van der Waals surface area (Å²) < 4.78 is 23.8. The third kappa shape index (κ3) is 3.40. The van der Waals surface area contributed by atoms with Crippen LogP contribution in [0.5, 0.6) is 11.5 Å². The van der Waals surface area contributed by atoms with Crippen LogP contribution in [-0.4, -0.2) is 5.66 Å². The summed E-state index contributed by atoms with van der Waals surface area (Å²) in [6, 6.07) is 19.3. The van der Waals surface area contributed by atoms with Crippen LogP contribution in [0.4, 0.5) is 0 Å². The highest BCUT2D eigenvalue weighted by Crippen LogP contribution is 2.52. The van der Waals surface area contributed by atoms with Crippen LogP contribution < -0.4 is 9.05 Å². The van der Waals surface area contributed by atoms with Crippen molar-refractivity contribution in [3.8, 4) is 17.6 Å². The van der Waals surface area contributed by atoms with Gasteiger partial charge in [0.15, 0.2) is 5.66 Å². The topological polar surface area (TPSA) is 59.3 Å². The highest BCUT2D eigenvalue weighted by atomic mass is 31.2. The van der Waals surface area contributed by atoms with E-state index in [1.165, 1.54) is 6.92 Å². The Hall–Kier alpha value is -2.24. The van der Waals surface area contributed by atoms with Crippen LogP contribution in [0, 0.1) is 11.3 Å². The molecule has 0 fully saturated rings. The van der Waals surface area contributed by atoms with Gasteiger partial charge in [0.2, 0.25) is 0 Å². The Bertz CT molecular complexity index is 592. The molecule has 5 heteroatoms. The zero-order chi connectivity index (χ0) is 14.4. The first-order valence-electron chi connectivity index (χ1n) is 6.13. The molecular weight excluding hydrogens is 273 g/mol. The first-order valence-corrected chi connectivity index (χ1v) is 7.74. The highest BCUT2D eigenvalue weighted by Gasteiger charge is 2.36. The van der Waals surface area contributed by atoms with Gasteiger partial charge in [-0.05, 0) is 31.2 Å². The molecule has 0 aliphatic rings. The van der Waals surface area contributed by atoms with Crippen molar-refractivity contribution < 1.29 is 13.6 Å². The van der Waals surface area contributed by atoms with Gasteiger partial charge in [0.05, 0.1) is 6.07 Å². The molecule has 102 valence electrons. The summed E-state index contributed by atoms with van der Waals surface area (Å²) in [6.07, 6.45) is 0. The van der Waals surface area contributed by atoms with Gasteiger partial charge < -0.3 is 9.05 Å². The second-order valence-electron chi connectivity index (χ2n) is 4.15. The monoisotopic (exact) mass is 287 g/mol. The van der Waals surface area contributed by atoms with Gasteiger partial charge in [-0.2, -0.15) is 5.26 Å². The molecule has 2 aromatic carbocycles. The van der Waals surface area contributed by atoms with E-state index in [9.17, 15) is 4.57 Å². The van der Waals surface area contributed by atoms with E-state index in [1.54, 1.807) is 48.5 Å². The molecule has 0 aliphatic carbocycles. The Kier molecular flexibility index (Phi) is 4.45. The SMILES string of the molecule is CC(C#N)P(=O)(Oc1ccccc1)Oc1ccccc1. The summed E-state index contributed by atoms with van der Waals surface area (Å²) in [6.45, 7) is 1.52. The van der Waals surface area contributed by atoms with E-state index in [-0.39, 0.29) is 0 Å². The van der Waals surface area contributed by atoms with Crippen LogP contribution in [0.25, 0.3) is 0 Å². The zero-order valence-corrected chi connectivity index (χ0v) is 11.9. The van der Waals surface area contributed by atoms with Gasteiger partial charge in [0.25, 0.3) is 0 Å².